The number of aromatic nitrogens is 1. The molecule has 24 heavy (non-hydrogen) atoms. The molecule has 1 heterocycles. The Morgan fingerprint density at radius 1 is 0.750 bits per heavy atom. The molecule has 128 valence electrons. The Balaban J connectivity index is 2.13. The molecule has 0 saturated heterocycles. The third-order valence-electron chi connectivity index (χ3n) is 5.92. The van der Waals surface area contributed by atoms with Gasteiger partial charge in [0.05, 0.1) is 0 Å². The topological polar surface area (TPSA) is 15.8 Å². The van der Waals surface area contributed by atoms with Crippen molar-refractivity contribution in [3.63, 3.8) is 0 Å². The van der Waals surface area contributed by atoms with E-state index in [1.54, 1.807) is 0 Å². The third kappa shape index (κ3) is 2.85. The number of H-pyrrole nitrogens is 1. The SMILES string of the molecule is CCCC(C)(C)c1ccc2c(c1)[nH]c1cc(C(C)(C)CC)ccc12. The van der Waals surface area contributed by atoms with Crippen molar-refractivity contribution in [1.82, 2.24) is 4.98 Å². The summed E-state index contributed by atoms with van der Waals surface area (Å²) in [5, 5.41) is 2.67. The van der Waals surface area contributed by atoms with Gasteiger partial charge in [0.25, 0.3) is 0 Å². The molecular weight excluding hydrogens is 290 g/mol. The molecule has 0 unspecified atom stereocenters. The van der Waals surface area contributed by atoms with Crippen LogP contribution in [0.1, 0.15) is 71.9 Å². The van der Waals surface area contributed by atoms with E-state index in [0.29, 0.717) is 0 Å². The lowest BCUT2D eigenvalue weighted by Gasteiger charge is -2.24. The zero-order valence-electron chi connectivity index (χ0n) is 16.1. The molecule has 0 radical (unpaired) electrons. The summed E-state index contributed by atoms with van der Waals surface area (Å²) in [5.41, 5.74) is 5.82. The fraction of sp³-hybridized carbons (Fsp3) is 0.478. The molecule has 0 aliphatic carbocycles. The van der Waals surface area contributed by atoms with Crippen molar-refractivity contribution < 1.29 is 0 Å². The minimum Gasteiger partial charge on any atom is -0.354 e. The van der Waals surface area contributed by atoms with E-state index < -0.39 is 0 Å². The summed E-state index contributed by atoms with van der Waals surface area (Å²) in [6.07, 6.45) is 3.58. The second-order valence-corrected chi connectivity index (χ2v) is 8.52. The molecule has 0 aliphatic heterocycles. The van der Waals surface area contributed by atoms with E-state index >= 15 is 0 Å². The van der Waals surface area contributed by atoms with Crippen molar-refractivity contribution in [2.75, 3.05) is 0 Å². The van der Waals surface area contributed by atoms with E-state index in [0.717, 1.165) is 6.42 Å². The first kappa shape index (κ1) is 17.1. The minimum atomic E-state index is 0.222. The lowest BCUT2D eigenvalue weighted by Crippen LogP contribution is -2.16. The van der Waals surface area contributed by atoms with Crippen molar-refractivity contribution in [3.05, 3.63) is 47.5 Å². The van der Waals surface area contributed by atoms with Gasteiger partial charge >= 0.3 is 0 Å². The number of benzene rings is 2. The van der Waals surface area contributed by atoms with Gasteiger partial charge in [-0.05, 0) is 46.9 Å². The highest BCUT2D eigenvalue weighted by atomic mass is 14.7. The molecule has 2 aromatic carbocycles. The molecule has 0 aliphatic rings. The maximum absolute atomic E-state index is 3.67. The number of rotatable bonds is 5. The Morgan fingerprint density at radius 3 is 1.71 bits per heavy atom. The van der Waals surface area contributed by atoms with Gasteiger partial charge in [-0.3, -0.25) is 0 Å². The Morgan fingerprint density at radius 2 is 1.25 bits per heavy atom. The first-order valence-corrected chi connectivity index (χ1v) is 9.35. The highest BCUT2D eigenvalue weighted by molar-refractivity contribution is 6.07. The highest BCUT2D eigenvalue weighted by Gasteiger charge is 2.21. The van der Waals surface area contributed by atoms with Gasteiger partial charge in [0.15, 0.2) is 0 Å². The molecule has 1 heteroatoms. The largest absolute Gasteiger partial charge is 0.354 e. The number of nitrogens with one attached hydrogen (secondary N) is 1. The van der Waals surface area contributed by atoms with Gasteiger partial charge in [-0.25, -0.2) is 0 Å². The lowest BCUT2D eigenvalue weighted by atomic mass is 9.80. The van der Waals surface area contributed by atoms with E-state index in [9.17, 15) is 0 Å². The molecule has 3 aromatic rings. The molecule has 0 fully saturated rings. The number of aromatic amines is 1. The summed E-state index contributed by atoms with van der Waals surface area (Å²) in [6.45, 7) is 13.9. The molecule has 1 N–H and O–H groups in total. The molecule has 0 spiro atoms. The Bertz CT molecular complexity index is 864. The van der Waals surface area contributed by atoms with Gasteiger partial charge < -0.3 is 4.98 Å². The Labute approximate surface area is 146 Å². The first-order valence-electron chi connectivity index (χ1n) is 9.35. The van der Waals surface area contributed by atoms with Crippen molar-refractivity contribution in [3.8, 4) is 0 Å². The van der Waals surface area contributed by atoms with Crippen LogP contribution in [0.25, 0.3) is 21.8 Å². The molecule has 0 saturated carbocycles. The van der Waals surface area contributed by atoms with Crippen LogP contribution < -0.4 is 0 Å². The van der Waals surface area contributed by atoms with E-state index in [1.807, 2.05) is 0 Å². The second-order valence-electron chi connectivity index (χ2n) is 8.52. The molecule has 0 atom stereocenters. The van der Waals surface area contributed by atoms with Crippen LogP contribution >= 0.6 is 0 Å². The van der Waals surface area contributed by atoms with Gasteiger partial charge in [0.2, 0.25) is 0 Å². The summed E-state index contributed by atoms with van der Waals surface area (Å²) >= 11 is 0. The van der Waals surface area contributed by atoms with E-state index in [4.69, 9.17) is 0 Å². The zero-order valence-corrected chi connectivity index (χ0v) is 16.1. The van der Waals surface area contributed by atoms with Crippen LogP contribution in [0.4, 0.5) is 0 Å². The molecule has 0 bridgehead atoms. The van der Waals surface area contributed by atoms with Gasteiger partial charge in [-0.1, -0.05) is 72.2 Å². The van der Waals surface area contributed by atoms with Crippen molar-refractivity contribution in [2.45, 2.75) is 71.6 Å². The minimum absolute atomic E-state index is 0.222. The second kappa shape index (κ2) is 5.95. The monoisotopic (exact) mass is 321 g/mol. The van der Waals surface area contributed by atoms with E-state index in [-0.39, 0.29) is 10.8 Å². The zero-order chi connectivity index (χ0) is 17.5. The standard InChI is InChI=1S/C23H31N/c1-7-13-23(5,6)17-10-12-19-18-11-9-16(22(3,4)8-2)14-20(18)24-21(19)15-17/h9-12,14-15,24H,7-8,13H2,1-6H3. The Kier molecular flexibility index (Phi) is 4.23. The van der Waals surface area contributed by atoms with Crippen LogP contribution in [0.2, 0.25) is 0 Å². The number of hydrogen-bond acceptors (Lipinski definition) is 0. The van der Waals surface area contributed by atoms with Crippen LogP contribution in [0.3, 0.4) is 0 Å². The maximum atomic E-state index is 3.67. The predicted octanol–water partition coefficient (Wildman–Crippen LogP) is 7.09. The van der Waals surface area contributed by atoms with Crippen molar-refractivity contribution >= 4 is 21.8 Å². The quantitative estimate of drug-likeness (QED) is 0.516. The van der Waals surface area contributed by atoms with Crippen LogP contribution in [0.5, 0.6) is 0 Å². The van der Waals surface area contributed by atoms with E-state index in [1.165, 1.54) is 45.8 Å². The van der Waals surface area contributed by atoms with Crippen LogP contribution in [0.15, 0.2) is 36.4 Å². The van der Waals surface area contributed by atoms with Gasteiger partial charge in [0.1, 0.15) is 0 Å². The molecular formula is C23H31N. The number of fused-ring (bicyclic) bond motifs is 3. The van der Waals surface area contributed by atoms with Crippen molar-refractivity contribution in [1.29, 1.82) is 0 Å². The molecule has 1 aromatic heterocycles. The predicted molar refractivity (Wildman–Crippen MR) is 107 cm³/mol. The summed E-state index contributed by atoms with van der Waals surface area (Å²) in [5.74, 6) is 0. The van der Waals surface area contributed by atoms with Crippen molar-refractivity contribution in [2.24, 2.45) is 0 Å². The average molecular weight is 322 g/mol. The van der Waals surface area contributed by atoms with Crippen LogP contribution in [0, 0.1) is 0 Å². The Hall–Kier alpha value is -1.76. The smallest absolute Gasteiger partial charge is 0.0467 e. The average Bonchev–Trinajstić information content (AvgIpc) is 2.91. The summed E-state index contributed by atoms with van der Waals surface area (Å²) in [6, 6.07) is 13.9. The fourth-order valence-corrected chi connectivity index (χ4v) is 3.73. The number of hydrogen-bond donors (Lipinski definition) is 1. The van der Waals surface area contributed by atoms with Crippen LogP contribution in [-0.4, -0.2) is 4.98 Å². The van der Waals surface area contributed by atoms with Gasteiger partial charge in [0, 0.05) is 21.8 Å². The summed E-state index contributed by atoms with van der Waals surface area (Å²) < 4.78 is 0. The summed E-state index contributed by atoms with van der Waals surface area (Å²) in [4.78, 5) is 3.67. The van der Waals surface area contributed by atoms with Gasteiger partial charge in [-0.2, -0.15) is 0 Å². The van der Waals surface area contributed by atoms with Crippen LogP contribution in [-0.2, 0) is 10.8 Å². The highest BCUT2D eigenvalue weighted by Crippen LogP contribution is 2.35. The molecule has 3 rings (SSSR count). The molecule has 0 amide bonds. The first-order chi connectivity index (χ1) is 11.3. The normalized spacial score (nSPS) is 13.1. The lowest BCUT2D eigenvalue weighted by molar-refractivity contribution is 0.473. The summed E-state index contributed by atoms with van der Waals surface area (Å²) in [7, 11) is 0. The fourth-order valence-electron chi connectivity index (χ4n) is 3.73. The maximum Gasteiger partial charge on any atom is 0.0467 e. The van der Waals surface area contributed by atoms with E-state index in [2.05, 4.69) is 82.9 Å². The van der Waals surface area contributed by atoms with Gasteiger partial charge in [-0.15, -0.1) is 0 Å². The molecule has 1 nitrogen and oxygen atoms in total. The third-order valence-corrected chi connectivity index (χ3v) is 5.92.